The van der Waals surface area contributed by atoms with Gasteiger partial charge in [-0.2, -0.15) is 0 Å². The van der Waals surface area contributed by atoms with E-state index in [9.17, 15) is 12.8 Å². The molecule has 0 aliphatic rings. The standard InChI is InChI=1S/C18H23FN2O3S/c1-13(20-11-14-4-9-18(19)16(10-14)12-22)15-5-7-17(8-6-15)25(23,24)21(2)3/h4-10,13,20,22H,11-12H2,1-3H3/t13-/m0/s1. The summed E-state index contributed by atoms with van der Waals surface area (Å²) < 4.78 is 38.7. The van der Waals surface area contributed by atoms with Gasteiger partial charge in [-0.3, -0.25) is 0 Å². The van der Waals surface area contributed by atoms with E-state index in [2.05, 4.69) is 5.32 Å². The van der Waals surface area contributed by atoms with Crippen LogP contribution in [0, 0.1) is 5.82 Å². The van der Waals surface area contributed by atoms with Crippen molar-refractivity contribution in [2.75, 3.05) is 14.1 Å². The van der Waals surface area contributed by atoms with Crippen molar-refractivity contribution in [3.8, 4) is 0 Å². The van der Waals surface area contributed by atoms with Crippen molar-refractivity contribution in [2.24, 2.45) is 0 Å². The summed E-state index contributed by atoms with van der Waals surface area (Å²) in [5, 5.41) is 12.4. The Balaban J connectivity index is 2.05. The van der Waals surface area contributed by atoms with Crippen LogP contribution in [0.5, 0.6) is 0 Å². The minimum absolute atomic E-state index is 0.0151. The summed E-state index contributed by atoms with van der Waals surface area (Å²) in [6.07, 6.45) is 0. The zero-order chi connectivity index (χ0) is 18.6. The van der Waals surface area contributed by atoms with E-state index in [4.69, 9.17) is 5.11 Å². The van der Waals surface area contributed by atoms with Crippen LogP contribution in [0.2, 0.25) is 0 Å². The van der Waals surface area contributed by atoms with Gasteiger partial charge in [0.25, 0.3) is 0 Å². The minimum Gasteiger partial charge on any atom is -0.392 e. The average Bonchev–Trinajstić information content (AvgIpc) is 2.60. The first-order valence-corrected chi connectivity index (χ1v) is 9.33. The fraction of sp³-hybridized carbons (Fsp3) is 0.333. The molecule has 7 heteroatoms. The van der Waals surface area contributed by atoms with Gasteiger partial charge in [-0.1, -0.05) is 18.2 Å². The number of aliphatic hydroxyl groups excluding tert-OH is 1. The van der Waals surface area contributed by atoms with Gasteiger partial charge >= 0.3 is 0 Å². The van der Waals surface area contributed by atoms with Crippen LogP contribution in [0.3, 0.4) is 0 Å². The van der Waals surface area contributed by atoms with Crippen LogP contribution < -0.4 is 5.32 Å². The minimum atomic E-state index is -3.43. The number of rotatable bonds is 7. The lowest BCUT2D eigenvalue weighted by Gasteiger charge is -2.16. The Bertz CT molecular complexity index is 821. The molecule has 0 heterocycles. The van der Waals surface area contributed by atoms with Crippen molar-refractivity contribution >= 4 is 10.0 Å². The molecular weight excluding hydrogens is 343 g/mol. The SMILES string of the molecule is C[C@H](NCc1ccc(F)c(CO)c1)c1ccc(S(=O)(=O)N(C)C)cc1. The zero-order valence-corrected chi connectivity index (χ0v) is 15.3. The number of sulfonamides is 1. The van der Waals surface area contributed by atoms with Crippen LogP contribution in [0.25, 0.3) is 0 Å². The number of halogens is 1. The lowest BCUT2D eigenvalue weighted by molar-refractivity contribution is 0.275. The molecule has 0 unspecified atom stereocenters. The summed E-state index contributed by atoms with van der Waals surface area (Å²) in [5.74, 6) is -0.419. The molecule has 0 aromatic heterocycles. The molecule has 0 saturated carbocycles. The third-order valence-corrected chi connectivity index (χ3v) is 5.88. The molecule has 0 saturated heterocycles. The van der Waals surface area contributed by atoms with Crippen molar-refractivity contribution in [3.05, 3.63) is 65.0 Å². The average molecular weight is 366 g/mol. The second-order valence-electron chi connectivity index (χ2n) is 6.04. The van der Waals surface area contributed by atoms with Gasteiger partial charge in [0, 0.05) is 32.2 Å². The van der Waals surface area contributed by atoms with E-state index >= 15 is 0 Å². The van der Waals surface area contributed by atoms with Crippen LogP contribution in [0.15, 0.2) is 47.4 Å². The second-order valence-corrected chi connectivity index (χ2v) is 8.19. The molecule has 2 N–H and O–H groups in total. The predicted molar refractivity (Wildman–Crippen MR) is 94.9 cm³/mol. The Kier molecular flexibility index (Phi) is 6.29. The van der Waals surface area contributed by atoms with Gasteiger partial charge in [0.15, 0.2) is 0 Å². The molecule has 0 bridgehead atoms. The van der Waals surface area contributed by atoms with Crippen molar-refractivity contribution in [1.29, 1.82) is 0 Å². The van der Waals surface area contributed by atoms with Crippen molar-refractivity contribution in [3.63, 3.8) is 0 Å². The number of nitrogens with zero attached hydrogens (tertiary/aromatic N) is 1. The molecule has 0 radical (unpaired) electrons. The van der Waals surface area contributed by atoms with E-state index in [1.165, 1.54) is 24.5 Å². The summed E-state index contributed by atoms with van der Waals surface area (Å²) in [5.41, 5.74) is 2.08. The zero-order valence-electron chi connectivity index (χ0n) is 14.5. The van der Waals surface area contributed by atoms with Crippen LogP contribution in [0.4, 0.5) is 4.39 Å². The molecule has 0 fully saturated rings. The highest BCUT2D eigenvalue weighted by Crippen LogP contribution is 2.19. The second kappa shape index (κ2) is 8.05. The van der Waals surface area contributed by atoms with E-state index in [0.717, 1.165) is 11.1 Å². The van der Waals surface area contributed by atoms with E-state index in [1.807, 2.05) is 6.92 Å². The maximum absolute atomic E-state index is 13.4. The third-order valence-electron chi connectivity index (χ3n) is 4.05. The molecule has 0 amide bonds. The van der Waals surface area contributed by atoms with Crippen molar-refractivity contribution < 1.29 is 17.9 Å². The number of hydrogen-bond acceptors (Lipinski definition) is 4. The smallest absolute Gasteiger partial charge is 0.242 e. The maximum Gasteiger partial charge on any atom is 0.242 e. The largest absolute Gasteiger partial charge is 0.392 e. The summed E-state index contributed by atoms with van der Waals surface area (Å²) in [6, 6.07) is 11.3. The highest BCUT2D eigenvalue weighted by atomic mass is 32.2. The molecular formula is C18H23FN2O3S. The lowest BCUT2D eigenvalue weighted by atomic mass is 10.1. The number of nitrogens with one attached hydrogen (secondary N) is 1. The quantitative estimate of drug-likeness (QED) is 0.790. The van der Waals surface area contributed by atoms with Crippen LogP contribution in [-0.2, 0) is 23.2 Å². The highest BCUT2D eigenvalue weighted by molar-refractivity contribution is 7.89. The van der Waals surface area contributed by atoms with Crippen LogP contribution in [0.1, 0.15) is 29.7 Å². The monoisotopic (exact) mass is 366 g/mol. The van der Waals surface area contributed by atoms with Crippen molar-refractivity contribution in [2.45, 2.75) is 31.0 Å². The summed E-state index contributed by atoms with van der Waals surface area (Å²) in [7, 11) is -0.439. The number of benzene rings is 2. The van der Waals surface area contributed by atoms with Crippen LogP contribution >= 0.6 is 0 Å². The molecule has 1 atom stereocenters. The summed E-state index contributed by atoms with van der Waals surface area (Å²) >= 11 is 0. The molecule has 0 aliphatic carbocycles. The molecule has 2 aromatic rings. The Labute approximate surface area is 148 Å². The molecule has 25 heavy (non-hydrogen) atoms. The maximum atomic E-state index is 13.4. The summed E-state index contributed by atoms with van der Waals surface area (Å²) in [4.78, 5) is 0.250. The first kappa shape index (κ1) is 19.5. The molecule has 5 nitrogen and oxygen atoms in total. The first-order chi connectivity index (χ1) is 11.8. The Morgan fingerprint density at radius 2 is 1.80 bits per heavy atom. The van der Waals surface area contributed by atoms with Gasteiger partial charge in [-0.25, -0.2) is 17.1 Å². The lowest BCUT2D eigenvalue weighted by Crippen LogP contribution is -2.22. The van der Waals surface area contributed by atoms with Gasteiger partial charge in [-0.15, -0.1) is 0 Å². The Morgan fingerprint density at radius 1 is 1.16 bits per heavy atom. The molecule has 2 rings (SSSR count). The highest BCUT2D eigenvalue weighted by Gasteiger charge is 2.17. The van der Waals surface area contributed by atoms with E-state index in [-0.39, 0.29) is 23.1 Å². The Hall–Kier alpha value is -1.80. The van der Waals surface area contributed by atoms with E-state index in [1.54, 1.807) is 36.4 Å². The van der Waals surface area contributed by atoms with Gasteiger partial charge in [-0.05, 0) is 42.3 Å². The van der Waals surface area contributed by atoms with E-state index in [0.29, 0.717) is 6.54 Å². The Morgan fingerprint density at radius 3 is 2.36 bits per heavy atom. The van der Waals surface area contributed by atoms with Gasteiger partial charge in [0.05, 0.1) is 11.5 Å². The fourth-order valence-corrected chi connectivity index (χ4v) is 3.29. The van der Waals surface area contributed by atoms with Gasteiger partial charge < -0.3 is 10.4 Å². The van der Waals surface area contributed by atoms with E-state index < -0.39 is 15.8 Å². The topological polar surface area (TPSA) is 69.6 Å². The summed E-state index contributed by atoms with van der Waals surface area (Å²) in [6.45, 7) is 2.13. The van der Waals surface area contributed by atoms with Gasteiger partial charge in [0.2, 0.25) is 10.0 Å². The molecule has 136 valence electrons. The number of aliphatic hydroxyl groups is 1. The molecule has 0 aliphatic heterocycles. The molecule has 2 aromatic carbocycles. The number of hydrogen-bond donors (Lipinski definition) is 2. The third kappa shape index (κ3) is 4.64. The van der Waals surface area contributed by atoms with Crippen molar-refractivity contribution in [1.82, 2.24) is 9.62 Å². The first-order valence-electron chi connectivity index (χ1n) is 7.89. The van der Waals surface area contributed by atoms with Crippen LogP contribution in [-0.4, -0.2) is 31.9 Å². The normalized spacial score (nSPS) is 13.2. The predicted octanol–water partition coefficient (Wildman–Crippen LogP) is 2.42. The molecule has 0 spiro atoms. The van der Waals surface area contributed by atoms with Gasteiger partial charge in [0.1, 0.15) is 5.82 Å². The fourth-order valence-electron chi connectivity index (χ4n) is 2.39.